The number of carbonyl (C=O) groups excluding carboxylic acids is 2. The first-order chi connectivity index (χ1) is 24.5. The smallest absolute Gasteiger partial charge is 0.407 e. The molecule has 3 aliphatic heterocycles. The second kappa shape index (κ2) is 18.2. The fourth-order valence-electron chi connectivity index (χ4n) is 6.25. The zero-order valence-corrected chi connectivity index (χ0v) is 30.4. The summed E-state index contributed by atoms with van der Waals surface area (Å²) in [7, 11) is -4.08. The third kappa shape index (κ3) is 10.7. The number of aliphatic hydroxyl groups excluding tert-OH is 1. The Hall–Kier alpha value is -3.63. The molecule has 5 atom stereocenters. The highest BCUT2D eigenvalue weighted by molar-refractivity contribution is 7.89. The van der Waals surface area contributed by atoms with Crippen LogP contribution in [0, 0.1) is 11.8 Å². The topological polar surface area (TPSA) is 171 Å². The number of aliphatic hydroxyl groups is 1. The molecule has 0 aromatic heterocycles. The monoisotopic (exact) mass is 733 g/mol. The summed E-state index contributed by atoms with van der Waals surface area (Å²) in [6.45, 7) is 7.46. The summed E-state index contributed by atoms with van der Waals surface area (Å²) in [6, 6.07) is 10.7. The molecule has 14 nitrogen and oxygen atoms in total. The van der Waals surface area contributed by atoms with Crippen LogP contribution in [0.2, 0.25) is 0 Å². The van der Waals surface area contributed by atoms with Crippen molar-refractivity contribution in [3.63, 3.8) is 0 Å². The molecule has 5 rings (SSSR count). The fraction of sp³-hybridized carbons (Fsp3) is 0.611. The van der Waals surface area contributed by atoms with Crippen molar-refractivity contribution >= 4 is 22.0 Å². The van der Waals surface area contributed by atoms with Gasteiger partial charge in [-0.05, 0) is 61.4 Å². The van der Waals surface area contributed by atoms with E-state index in [0.717, 1.165) is 18.4 Å². The van der Waals surface area contributed by atoms with Crippen molar-refractivity contribution in [3.8, 4) is 17.2 Å². The highest BCUT2D eigenvalue weighted by atomic mass is 32.2. The van der Waals surface area contributed by atoms with E-state index in [-0.39, 0.29) is 55.5 Å². The number of amides is 2. The Bertz CT molecular complexity index is 1560. The van der Waals surface area contributed by atoms with Crippen molar-refractivity contribution in [1.29, 1.82) is 0 Å². The Morgan fingerprint density at radius 2 is 1.82 bits per heavy atom. The van der Waals surface area contributed by atoms with Crippen LogP contribution in [0.15, 0.2) is 47.4 Å². The van der Waals surface area contributed by atoms with Gasteiger partial charge in [-0.1, -0.05) is 39.3 Å². The molecule has 3 N–H and O–H groups in total. The fourth-order valence-corrected chi connectivity index (χ4v) is 7.88. The highest BCUT2D eigenvalue weighted by Crippen LogP contribution is 2.35. The van der Waals surface area contributed by atoms with Gasteiger partial charge in [-0.2, -0.15) is 4.31 Å². The number of benzene rings is 2. The minimum atomic E-state index is -4.08. The lowest BCUT2D eigenvalue weighted by atomic mass is 10.0. The van der Waals surface area contributed by atoms with Crippen LogP contribution >= 0.6 is 0 Å². The summed E-state index contributed by atoms with van der Waals surface area (Å²) >= 11 is 0. The first-order valence-electron chi connectivity index (χ1n) is 17.8. The largest absolute Gasteiger partial charge is 0.494 e. The molecule has 51 heavy (non-hydrogen) atoms. The quantitative estimate of drug-likeness (QED) is 0.180. The number of rotatable bonds is 19. The molecule has 0 unspecified atom stereocenters. The van der Waals surface area contributed by atoms with Crippen LogP contribution in [0.5, 0.6) is 17.2 Å². The molecule has 0 aliphatic carbocycles. The Morgan fingerprint density at radius 3 is 2.59 bits per heavy atom. The highest BCUT2D eigenvalue weighted by Gasteiger charge is 2.44. The van der Waals surface area contributed by atoms with Gasteiger partial charge in [0, 0.05) is 32.1 Å². The summed E-state index contributed by atoms with van der Waals surface area (Å²) < 4.78 is 62.6. The molecule has 2 aromatic carbocycles. The molecule has 2 amide bonds. The van der Waals surface area contributed by atoms with E-state index in [9.17, 15) is 23.1 Å². The first-order valence-corrected chi connectivity index (χ1v) is 19.2. The number of carbonyl (C=O) groups is 2. The minimum absolute atomic E-state index is 0.00311. The van der Waals surface area contributed by atoms with Gasteiger partial charge in [0.2, 0.25) is 22.7 Å². The zero-order valence-electron chi connectivity index (χ0n) is 29.6. The SMILES string of the molecule is CCCCNC(=O)CCCOc1ccc(C[C@H](NC(=O)O[C@H]2CO[C@H]3OCC[C@H]32)[C@H](O)CN(CC(C)C)S(=O)(=O)c2ccc3c(c2)OCO3)cc1. The summed E-state index contributed by atoms with van der Waals surface area (Å²) in [5, 5.41) is 17.4. The maximum Gasteiger partial charge on any atom is 0.407 e. The predicted molar refractivity (Wildman–Crippen MR) is 186 cm³/mol. The van der Waals surface area contributed by atoms with E-state index in [0.29, 0.717) is 56.3 Å². The van der Waals surface area contributed by atoms with Crippen LogP contribution in [-0.4, -0.2) is 101 Å². The predicted octanol–water partition coefficient (Wildman–Crippen LogP) is 3.60. The number of fused-ring (bicyclic) bond motifs is 2. The Kier molecular flexibility index (Phi) is 13.8. The standard InChI is InChI=1S/C36H51N3O11S/c1-4-5-15-37-34(41)7-6-16-45-26-10-8-25(9-11-26)18-29(38-36(42)50-33-22-47-35-28(33)14-17-46-35)30(40)21-39(20-24(2)3)51(43,44)27-12-13-31-32(19-27)49-23-48-31/h8-13,19,24,28-30,33,35,40H,4-7,14-18,20-23H2,1-3H3,(H,37,41)(H,38,42)/t28-,29-,30+,33-,35+/m0/s1. The van der Waals surface area contributed by atoms with E-state index in [1.165, 1.54) is 16.4 Å². The third-order valence-corrected chi connectivity index (χ3v) is 10.8. The average Bonchev–Trinajstić information content (AvgIpc) is 3.85. The molecule has 2 saturated heterocycles. The van der Waals surface area contributed by atoms with Gasteiger partial charge < -0.3 is 44.2 Å². The van der Waals surface area contributed by atoms with Crippen LogP contribution in [0.4, 0.5) is 4.79 Å². The van der Waals surface area contributed by atoms with E-state index >= 15 is 0 Å². The average molecular weight is 734 g/mol. The number of hydrogen-bond acceptors (Lipinski definition) is 11. The van der Waals surface area contributed by atoms with Crippen LogP contribution in [0.25, 0.3) is 0 Å². The van der Waals surface area contributed by atoms with Crippen molar-refractivity contribution in [2.24, 2.45) is 11.8 Å². The Balaban J connectivity index is 1.26. The van der Waals surface area contributed by atoms with E-state index in [1.54, 1.807) is 18.2 Å². The van der Waals surface area contributed by atoms with E-state index < -0.39 is 40.7 Å². The number of alkyl carbamates (subject to hydrolysis) is 1. The molecular weight excluding hydrogens is 682 g/mol. The second-order valence-electron chi connectivity index (χ2n) is 13.5. The number of nitrogens with one attached hydrogen (secondary N) is 2. The number of unbranched alkanes of at least 4 members (excludes halogenated alkanes) is 1. The van der Waals surface area contributed by atoms with E-state index in [2.05, 4.69) is 17.6 Å². The molecule has 2 fully saturated rings. The molecule has 282 valence electrons. The van der Waals surface area contributed by atoms with Gasteiger partial charge in [-0.15, -0.1) is 0 Å². The Labute approximate surface area is 300 Å². The van der Waals surface area contributed by atoms with Gasteiger partial charge >= 0.3 is 6.09 Å². The molecule has 0 radical (unpaired) electrons. The summed E-state index contributed by atoms with van der Waals surface area (Å²) in [5.74, 6) is 1.26. The van der Waals surface area contributed by atoms with Gasteiger partial charge in [-0.3, -0.25) is 4.79 Å². The number of hydrogen-bond donors (Lipinski definition) is 3. The van der Waals surface area contributed by atoms with Gasteiger partial charge in [0.1, 0.15) is 11.9 Å². The molecular formula is C36H51N3O11S. The Morgan fingerprint density at radius 1 is 1.04 bits per heavy atom. The molecule has 0 saturated carbocycles. The molecule has 0 spiro atoms. The molecule has 0 bridgehead atoms. The van der Waals surface area contributed by atoms with Crippen molar-refractivity contribution in [1.82, 2.24) is 14.9 Å². The molecule has 15 heteroatoms. The third-order valence-electron chi connectivity index (χ3n) is 9.00. The van der Waals surface area contributed by atoms with Gasteiger partial charge in [-0.25, -0.2) is 13.2 Å². The van der Waals surface area contributed by atoms with Crippen LogP contribution in [0.1, 0.15) is 58.4 Å². The lowest BCUT2D eigenvalue weighted by Gasteiger charge is -2.31. The van der Waals surface area contributed by atoms with E-state index in [4.69, 9.17) is 28.4 Å². The summed E-state index contributed by atoms with van der Waals surface area (Å²) in [5.41, 5.74) is 0.768. The van der Waals surface area contributed by atoms with Crippen molar-refractivity contribution in [2.75, 3.05) is 46.2 Å². The summed E-state index contributed by atoms with van der Waals surface area (Å²) in [4.78, 5) is 25.2. The number of nitrogens with zero attached hydrogens (tertiary/aromatic N) is 1. The number of sulfonamides is 1. The molecule has 3 aliphatic rings. The maximum absolute atomic E-state index is 13.9. The van der Waals surface area contributed by atoms with Gasteiger partial charge in [0.05, 0.1) is 42.8 Å². The molecule has 3 heterocycles. The second-order valence-corrected chi connectivity index (χ2v) is 15.5. The van der Waals surface area contributed by atoms with Crippen molar-refractivity contribution in [3.05, 3.63) is 48.0 Å². The van der Waals surface area contributed by atoms with Crippen LogP contribution < -0.4 is 24.8 Å². The maximum atomic E-state index is 13.9. The van der Waals surface area contributed by atoms with E-state index in [1.807, 2.05) is 26.0 Å². The zero-order chi connectivity index (χ0) is 36.4. The van der Waals surface area contributed by atoms with Crippen LogP contribution in [0.3, 0.4) is 0 Å². The normalized spacial score (nSPS) is 20.6. The number of ether oxygens (including phenoxy) is 6. The first kappa shape index (κ1) is 38.6. The lowest BCUT2D eigenvalue weighted by molar-refractivity contribution is -0.121. The lowest BCUT2D eigenvalue weighted by Crippen LogP contribution is -2.51. The van der Waals surface area contributed by atoms with Crippen molar-refractivity contribution in [2.45, 2.75) is 88.7 Å². The molecule has 2 aromatic rings. The van der Waals surface area contributed by atoms with Gasteiger partial charge in [0.25, 0.3) is 0 Å². The van der Waals surface area contributed by atoms with Gasteiger partial charge in [0.15, 0.2) is 17.8 Å². The summed E-state index contributed by atoms with van der Waals surface area (Å²) in [6.07, 6.45) is 0.830. The van der Waals surface area contributed by atoms with Crippen LogP contribution in [-0.2, 0) is 35.4 Å². The van der Waals surface area contributed by atoms with Crippen molar-refractivity contribution < 1.29 is 51.5 Å². The minimum Gasteiger partial charge on any atom is -0.494 e.